The molecular weight excluding hydrogens is 501 g/mol. The minimum Gasteiger partial charge on any atom is -0.357 e. The van der Waals surface area contributed by atoms with E-state index in [0.29, 0.717) is 13.1 Å². The van der Waals surface area contributed by atoms with Gasteiger partial charge in [0.05, 0.1) is 13.1 Å². The lowest BCUT2D eigenvalue weighted by molar-refractivity contribution is 0.221. The number of rotatable bonds is 7. The van der Waals surface area contributed by atoms with Crippen molar-refractivity contribution in [2.75, 3.05) is 19.6 Å². The van der Waals surface area contributed by atoms with Gasteiger partial charge in [0.2, 0.25) is 0 Å². The van der Waals surface area contributed by atoms with E-state index in [4.69, 9.17) is 4.99 Å². The number of hydrogen-bond donors (Lipinski definition) is 2. The third kappa shape index (κ3) is 6.90. The first kappa shape index (κ1) is 24.0. The van der Waals surface area contributed by atoms with Crippen LogP contribution in [-0.2, 0) is 32.6 Å². The van der Waals surface area contributed by atoms with Gasteiger partial charge in [0.1, 0.15) is 5.82 Å². The van der Waals surface area contributed by atoms with Crippen LogP contribution in [0.3, 0.4) is 0 Å². The standard InChI is InChI=1S/C23H35N7.HI/c1-2-24-23(26-17-22-28-27-21-8-4-7-15-30(21)22)25-16-19-9-11-20(12-10-19)18-29-13-5-3-6-14-29;/h9-12H,2-8,13-18H2,1H3,(H2,24,25,26);1H. The Bertz CT molecular complexity index is 825. The van der Waals surface area contributed by atoms with Crippen molar-refractivity contribution in [1.82, 2.24) is 30.3 Å². The van der Waals surface area contributed by atoms with Gasteiger partial charge in [0.25, 0.3) is 0 Å². The maximum atomic E-state index is 4.77. The Morgan fingerprint density at radius 3 is 2.45 bits per heavy atom. The van der Waals surface area contributed by atoms with Gasteiger partial charge in [-0.25, -0.2) is 4.99 Å². The molecule has 170 valence electrons. The van der Waals surface area contributed by atoms with Gasteiger partial charge in [-0.3, -0.25) is 4.90 Å². The van der Waals surface area contributed by atoms with Crippen molar-refractivity contribution < 1.29 is 0 Å². The Hall–Kier alpha value is -1.68. The highest BCUT2D eigenvalue weighted by Crippen LogP contribution is 2.15. The first-order chi connectivity index (χ1) is 14.8. The van der Waals surface area contributed by atoms with Gasteiger partial charge in [-0.1, -0.05) is 30.7 Å². The van der Waals surface area contributed by atoms with E-state index in [1.807, 2.05) is 0 Å². The maximum Gasteiger partial charge on any atom is 0.191 e. The fraction of sp³-hybridized carbons (Fsp3) is 0.609. The molecule has 0 saturated carbocycles. The Morgan fingerprint density at radius 1 is 0.935 bits per heavy atom. The molecule has 2 aromatic rings. The second kappa shape index (κ2) is 12.4. The molecule has 0 unspecified atom stereocenters. The second-order valence-electron chi connectivity index (χ2n) is 8.34. The maximum absolute atomic E-state index is 4.77. The number of aliphatic imine (C=N–C) groups is 1. The number of likely N-dealkylation sites (tertiary alicyclic amines) is 1. The van der Waals surface area contributed by atoms with Gasteiger partial charge in [0.15, 0.2) is 11.8 Å². The number of nitrogens with one attached hydrogen (secondary N) is 2. The summed E-state index contributed by atoms with van der Waals surface area (Å²) in [7, 11) is 0. The first-order valence-electron chi connectivity index (χ1n) is 11.5. The molecule has 1 saturated heterocycles. The van der Waals surface area contributed by atoms with Gasteiger partial charge in [-0.2, -0.15) is 0 Å². The molecule has 1 aromatic carbocycles. The monoisotopic (exact) mass is 537 g/mol. The smallest absolute Gasteiger partial charge is 0.191 e. The third-order valence-corrected chi connectivity index (χ3v) is 5.99. The van der Waals surface area contributed by atoms with Crippen molar-refractivity contribution >= 4 is 29.9 Å². The quantitative estimate of drug-likeness (QED) is 0.322. The van der Waals surface area contributed by atoms with Crippen molar-refractivity contribution in [2.45, 2.75) is 71.6 Å². The topological polar surface area (TPSA) is 70.4 Å². The normalized spacial score (nSPS) is 17.0. The molecular formula is C23H36IN7. The summed E-state index contributed by atoms with van der Waals surface area (Å²) in [5.41, 5.74) is 2.63. The number of fused-ring (bicyclic) bond motifs is 1. The number of guanidine groups is 1. The predicted molar refractivity (Wildman–Crippen MR) is 136 cm³/mol. The average molecular weight is 537 g/mol. The summed E-state index contributed by atoms with van der Waals surface area (Å²) >= 11 is 0. The summed E-state index contributed by atoms with van der Waals surface area (Å²) in [6.07, 6.45) is 7.52. The minimum absolute atomic E-state index is 0. The third-order valence-electron chi connectivity index (χ3n) is 5.99. The molecule has 2 N–H and O–H groups in total. The van der Waals surface area contributed by atoms with Crippen LogP contribution >= 0.6 is 24.0 Å². The van der Waals surface area contributed by atoms with Crippen molar-refractivity contribution in [3.05, 3.63) is 47.0 Å². The van der Waals surface area contributed by atoms with Crippen LogP contribution in [0, 0.1) is 0 Å². The van der Waals surface area contributed by atoms with E-state index < -0.39 is 0 Å². The van der Waals surface area contributed by atoms with E-state index in [-0.39, 0.29) is 24.0 Å². The van der Waals surface area contributed by atoms with Gasteiger partial charge in [0, 0.05) is 26.1 Å². The van der Waals surface area contributed by atoms with Crippen LogP contribution < -0.4 is 10.6 Å². The zero-order chi connectivity index (χ0) is 20.6. The van der Waals surface area contributed by atoms with Gasteiger partial charge in [-0.05, 0) is 56.8 Å². The Labute approximate surface area is 203 Å². The molecule has 7 nitrogen and oxygen atoms in total. The van der Waals surface area contributed by atoms with E-state index in [0.717, 1.165) is 43.7 Å². The molecule has 0 radical (unpaired) electrons. The SMILES string of the molecule is CCNC(=NCc1ccc(CN2CCCCC2)cc1)NCc1nnc2n1CCCC2.I. The fourth-order valence-electron chi connectivity index (χ4n) is 4.30. The number of halogens is 1. The lowest BCUT2D eigenvalue weighted by Crippen LogP contribution is -2.37. The van der Waals surface area contributed by atoms with Crippen molar-refractivity contribution in [3.63, 3.8) is 0 Å². The van der Waals surface area contributed by atoms with Crippen LogP contribution in [-0.4, -0.2) is 45.3 Å². The Kier molecular flexibility index (Phi) is 9.57. The summed E-state index contributed by atoms with van der Waals surface area (Å²) in [5.74, 6) is 2.94. The highest BCUT2D eigenvalue weighted by Gasteiger charge is 2.15. The van der Waals surface area contributed by atoms with Crippen LogP contribution in [0.4, 0.5) is 0 Å². The average Bonchev–Trinajstić information content (AvgIpc) is 3.20. The molecule has 0 bridgehead atoms. The molecule has 1 fully saturated rings. The molecule has 2 aliphatic rings. The van der Waals surface area contributed by atoms with Crippen LogP contribution in [0.25, 0.3) is 0 Å². The fourth-order valence-corrected chi connectivity index (χ4v) is 4.30. The molecule has 8 heteroatoms. The molecule has 3 heterocycles. The van der Waals surface area contributed by atoms with E-state index in [1.54, 1.807) is 0 Å². The number of hydrogen-bond acceptors (Lipinski definition) is 4. The molecule has 0 aliphatic carbocycles. The van der Waals surface area contributed by atoms with E-state index >= 15 is 0 Å². The lowest BCUT2D eigenvalue weighted by atomic mass is 10.1. The van der Waals surface area contributed by atoms with Gasteiger partial charge in [-0.15, -0.1) is 34.2 Å². The van der Waals surface area contributed by atoms with Crippen LogP contribution in [0.5, 0.6) is 0 Å². The molecule has 1 aromatic heterocycles. The number of piperidine rings is 1. The molecule has 2 aliphatic heterocycles. The molecule has 31 heavy (non-hydrogen) atoms. The Balaban J connectivity index is 0.00000272. The Morgan fingerprint density at radius 2 is 1.68 bits per heavy atom. The van der Waals surface area contributed by atoms with Crippen molar-refractivity contribution in [3.8, 4) is 0 Å². The summed E-state index contributed by atoms with van der Waals surface area (Å²) in [6.45, 7) is 8.79. The predicted octanol–water partition coefficient (Wildman–Crippen LogP) is 3.47. The van der Waals surface area contributed by atoms with E-state index in [2.05, 4.69) is 61.5 Å². The zero-order valence-electron chi connectivity index (χ0n) is 18.6. The number of aromatic nitrogens is 3. The van der Waals surface area contributed by atoms with Crippen LogP contribution in [0.2, 0.25) is 0 Å². The van der Waals surface area contributed by atoms with Crippen LogP contribution in [0.15, 0.2) is 29.3 Å². The number of aryl methyl sites for hydroxylation is 1. The van der Waals surface area contributed by atoms with Crippen LogP contribution in [0.1, 0.15) is 61.8 Å². The van der Waals surface area contributed by atoms with E-state index in [1.165, 1.54) is 56.3 Å². The molecule has 0 amide bonds. The highest BCUT2D eigenvalue weighted by molar-refractivity contribution is 14.0. The summed E-state index contributed by atoms with van der Waals surface area (Å²) in [5, 5.41) is 15.5. The first-order valence-corrected chi connectivity index (χ1v) is 11.5. The minimum atomic E-state index is 0. The highest BCUT2D eigenvalue weighted by atomic mass is 127. The largest absolute Gasteiger partial charge is 0.357 e. The number of benzene rings is 1. The molecule has 4 rings (SSSR count). The van der Waals surface area contributed by atoms with Crippen molar-refractivity contribution in [1.29, 1.82) is 0 Å². The zero-order valence-corrected chi connectivity index (χ0v) is 21.0. The van der Waals surface area contributed by atoms with Crippen molar-refractivity contribution in [2.24, 2.45) is 4.99 Å². The summed E-state index contributed by atoms with van der Waals surface area (Å²) in [6, 6.07) is 8.92. The van der Waals surface area contributed by atoms with Gasteiger partial charge >= 0.3 is 0 Å². The van der Waals surface area contributed by atoms with E-state index in [9.17, 15) is 0 Å². The lowest BCUT2D eigenvalue weighted by Gasteiger charge is -2.26. The van der Waals surface area contributed by atoms with Gasteiger partial charge < -0.3 is 15.2 Å². The second-order valence-corrected chi connectivity index (χ2v) is 8.34. The number of nitrogens with zero attached hydrogens (tertiary/aromatic N) is 5. The summed E-state index contributed by atoms with van der Waals surface area (Å²) < 4.78 is 2.25. The summed E-state index contributed by atoms with van der Waals surface area (Å²) in [4.78, 5) is 7.33. The molecule has 0 atom stereocenters. The molecule has 0 spiro atoms.